The Bertz CT molecular complexity index is 757. The minimum Gasteiger partial charge on any atom is -0.352 e. The Morgan fingerprint density at radius 3 is 2.33 bits per heavy atom. The van der Waals surface area contributed by atoms with Crippen molar-refractivity contribution in [3.05, 3.63) is 64.2 Å². The van der Waals surface area contributed by atoms with Gasteiger partial charge in [0.2, 0.25) is 0 Å². The molecule has 0 bridgehead atoms. The van der Waals surface area contributed by atoms with E-state index in [-0.39, 0.29) is 11.8 Å². The summed E-state index contributed by atoms with van der Waals surface area (Å²) in [6.07, 6.45) is 0. The quantitative estimate of drug-likeness (QED) is 0.850. The standard InChI is InChI=1S/C19H21ClN2O2/c1-12(2)11-21-18(23)14-5-4-6-15(9-14)19(24)22-16-8-7-13(3)17(20)10-16/h4-10,12H,11H2,1-3H3,(H,21,23)(H,22,24). The van der Waals surface area contributed by atoms with E-state index in [9.17, 15) is 9.59 Å². The minimum absolute atomic E-state index is 0.184. The van der Waals surface area contributed by atoms with E-state index in [0.29, 0.717) is 34.3 Å². The van der Waals surface area contributed by atoms with Crippen molar-refractivity contribution in [2.45, 2.75) is 20.8 Å². The molecule has 126 valence electrons. The van der Waals surface area contributed by atoms with Crippen LogP contribution in [0.1, 0.15) is 40.1 Å². The molecule has 0 saturated carbocycles. The lowest BCUT2D eigenvalue weighted by atomic mass is 10.1. The van der Waals surface area contributed by atoms with Crippen LogP contribution in [0.2, 0.25) is 5.02 Å². The SMILES string of the molecule is Cc1ccc(NC(=O)c2cccc(C(=O)NCC(C)C)c2)cc1Cl. The molecule has 2 aromatic rings. The van der Waals surface area contributed by atoms with Crippen LogP contribution >= 0.6 is 11.6 Å². The maximum Gasteiger partial charge on any atom is 0.255 e. The molecule has 0 unspecified atom stereocenters. The van der Waals surface area contributed by atoms with Crippen molar-refractivity contribution in [1.29, 1.82) is 0 Å². The van der Waals surface area contributed by atoms with E-state index in [4.69, 9.17) is 11.6 Å². The Morgan fingerprint density at radius 1 is 1.04 bits per heavy atom. The zero-order valence-electron chi connectivity index (χ0n) is 14.0. The number of carbonyl (C=O) groups excluding carboxylic acids is 2. The number of nitrogens with one attached hydrogen (secondary N) is 2. The average molecular weight is 345 g/mol. The third-order valence-corrected chi connectivity index (χ3v) is 3.89. The molecule has 0 aliphatic carbocycles. The largest absolute Gasteiger partial charge is 0.352 e. The van der Waals surface area contributed by atoms with E-state index >= 15 is 0 Å². The fourth-order valence-corrected chi connectivity index (χ4v) is 2.25. The van der Waals surface area contributed by atoms with Crippen LogP contribution in [0.4, 0.5) is 5.69 Å². The lowest BCUT2D eigenvalue weighted by molar-refractivity contribution is 0.0949. The topological polar surface area (TPSA) is 58.2 Å². The summed E-state index contributed by atoms with van der Waals surface area (Å²) in [6, 6.07) is 12.0. The van der Waals surface area contributed by atoms with Gasteiger partial charge in [-0.05, 0) is 48.7 Å². The van der Waals surface area contributed by atoms with Crippen molar-refractivity contribution in [3.8, 4) is 0 Å². The van der Waals surface area contributed by atoms with E-state index in [1.54, 1.807) is 36.4 Å². The molecule has 0 aliphatic heterocycles. The molecule has 0 fully saturated rings. The molecule has 0 aromatic heterocycles. The normalized spacial score (nSPS) is 10.5. The third-order valence-electron chi connectivity index (χ3n) is 3.49. The van der Waals surface area contributed by atoms with E-state index < -0.39 is 0 Å². The smallest absolute Gasteiger partial charge is 0.255 e. The third kappa shape index (κ3) is 4.83. The molecule has 2 rings (SSSR count). The fraction of sp³-hybridized carbons (Fsp3) is 0.263. The highest BCUT2D eigenvalue weighted by Gasteiger charge is 2.11. The highest BCUT2D eigenvalue weighted by molar-refractivity contribution is 6.31. The van der Waals surface area contributed by atoms with Gasteiger partial charge in [0.15, 0.2) is 0 Å². The van der Waals surface area contributed by atoms with Gasteiger partial charge in [0.1, 0.15) is 0 Å². The van der Waals surface area contributed by atoms with Crippen molar-refractivity contribution in [3.63, 3.8) is 0 Å². The van der Waals surface area contributed by atoms with Gasteiger partial charge in [0.25, 0.3) is 11.8 Å². The first-order valence-electron chi connectivity index (χ1n) is 7.82. The number of rotatable bonds is 5. The van der Waals surface area contributed by atoms with Crippen molar-refractivity contribution in [1.82, 2.24) is 5.32 Å². The Hall–Kier alpha value is -2.33. The Morgan fingerprint density at radius 2 is 1.71 bits per heavy atom. The molecule has 2 N–H and O–H groups in total. The van der Waals surface area contributed by atoms with Crippen LogP contribution in [0.15, 0.2) is 42.5 Å². The van der Waals surface area contributed by atoms with Gasteiger partial charge in [-0.1, -0.05) is 37.6 Å². The predicted molar refractivity (Wildman–Crippen MR) is 97.8 cm³/mol. The molecular weight excluding hydrogens is 324 g/mol. The van der Waals surface area contributed by atoms with Crippen LogP contribution < -0.4 is 10.6 Å². The molecule has 0 radical (unpaired) electrons. The summed E-state index contributed by atoms with van der Waals surface area (Å²) in [7, 11) is 0. The van der Waals surface area contributed by atoms with Crippen molar-refractivity contribution in [2.75, 3.05) is 11.9 Å². The zero-order valence-corrected chi connectivity index (χ0v) is 14.8. The summed E-state index contributed by atoms with van der Waals surface area (Å²) in [5.74, 6) is -0.100. The van der Waals surface area contributed by atoms with Crippen molar-refractivity contribution in [2.24, 2.45) is 5.92 Å². The Labute approximate surface area is 147 Å². The lowest BCUT2D eigenvalue weighted by Gasteiger charge is -2.10. The van der Waals surface area contributed by atoms with Gasteiger partial charge >= 0.3 is 0 Å². The van der Waals surface area contributed by atoms with Gasteiger partial charge in [0.05, 0.1) is 0 Å². The first-order valence-corrected chi connectivity index (χ1v) is 8.20. The maximum atomic E-state index is 12.4. The first kappa shape index (κ1) is 18.0. The van der Waals surface area contributed by atoms with Crippen molar-refractivity contribution >= 4 is 29.1 Å². The van der Waals surface area contributed by atoms with Gasteiger partial charge in [-0.2, -0.15) is 0 Å². The number of anilines is 1. The van der Waals surface area contributed by atoms with Crippen LogP contribution in [0.5, 0.6) is 0 Å². The Balaban J connectivity index is 2.11. The zero-order chi connectivity index (χ0) is 17.7. The summed E-state index contributed by atoms with van der Waals surface area (Å²) in [5, 5.41) is 6.22. The van der Waals surface area contributed by atoms with E-state index in [2.05, 4.69) is 10.6 Å². The van der Waals surface area contributed by atoms with Crippen LogP contribution in [0, 0.1) is 12.8 Å². The second-order valence-electron chi connectivity index (χ2n) is 6.10. The molecule has 24 heavy (non-hydrogen) atoms. The van der Waals surface area contributed by atoms with Crippen LogP contribution in [-0.4, -0.2) is 18.4 Å². The van der Waals surface area contributed by atoms with Gasteiger partial charge in [-0.3, -0.25) is 9.59 Å². The first-order chi connectivity index (χ1) is 11.4. The average Bonchev–Trinajstić information content (AvgIpc) is 2.56. The second kappa shape index (κ2) is 7.97. The number of amides is 2. The molecule has 0 saturated heterocycles. The van der Waals surface area contributed by atoms with Gasteiger partial charge in [0, 0.05) is 28.4 Å². The molecule has 4 nitrogen and oxygen atoms in total. The van der Waals surface area contributed by atoms with E-state index in [1.807, 2.05) is 26.8 Å². The molecule has 0 atom stereocenters. The van der Waals surface area contributed by atoms with E-state index in [1.165, 1.54) is 0 Å². The minimum atomic E-state index is -0.284. The number of benzene rings is 2. The number of carbonyl (C=O) groups is 2. The molecule has 2 aromatic carbocycles. The highest BCUT2D eigenvalue weighted by Crippen LogP contribution is 2.20. The number of hydrogen-bond acceptors (Lipinski definition) is 2. The number of aryl methyl sites for hydroxylation is 1. The Kier molecular flexibility index (Phi) is 5.99. The lowest BCUT2D eigenvalue weighted by Crippen LogP contribution is -2.27. The molecule has 2 amide bonds. The van der Waals surface area contributed by atoms with Crippen LogP contribution in [-0.2, 0) is 0 Å². The second-order valence-corrected chi connectivity index (χ2v) is 6.51. The number of hydrogen-bond donors (Lipinski definition) is 2. The van der Waals surface area contributed by atoms with Crippen molar-refractivity contribution < 1.29 is 9.59 Å². The summed E-state index contributed by atoms with van der Waals surface area (Å²) in [4.78, 5) is 24.5. The summed E-state index contributed by atoms with van der Waals surface area (Å²) in [6.45, 7) is 6.54. The maximum absolute atomic E-state index is 12.4. The summed E-state index contributed by atoms with van der Waals surface area (Å²) < 4.78 is 0. The monoisotopic (exact) mass is 344 g/mol. The highest BCUT2D eigenvalue weighted by atomic mass is 35.5. The van der Waals surface area contributed by atoms with Crippen LogP contribution in [0.25, 0.3) is 0 Å². The molecular formula is C19H21ClN2O2. The number of halogens is 1. The molecule has 5 heteroatoms. The molecule has 0 heterocycles. The van der Waals surface area contributed by atoms with Crippen LogP contribution in [0.3, 0.4) is 0 Å². The van der Waals surface area contributed by atoms with Gasteiger partial charge < -0.3 is 10.6 Å². The van der Waals surface area contributed by atoms with E-state index in [0.717, 1.165) is 5.56 Å². The summed E-state index contributed by atoms with van der Waals surface area (Å²) >= 11 is 6.07. The summed E-state index contributed by atoms with van der Waals surface area (Å²) in [5.41, 5.74) is 2.44. The fourth-order valence-electron chi connectivity index (χ4n) is 2.07. The molecule has 0 spiro atoms. The van der Waals surface area contributed by atoms with Gasteiger partial charge in [-0.15, -0.1) is 0 Å². The van der Waals surface area contributed by atoms with Gasteiger partial charge in [-0.25, -0.2) is 0 Å². The predicted octanol–water partition coefficient (Wildman–Crippen LogP) is 4.29. The molecule has 0 aliphatic rings.